The molecule has 0 fully saturated rings. The van der Waals surface area contributed by atoms with E-state index in [1.54, 1.807) is 12.2 Å². The van der Waals surface area contributed by atoms with Crippen LogP contribution in [0.25, 0.3) is 0 Å². The average Bonchev–Trinajstić information content (AvgIpc) is 2.33. The third-order valence-corrected chi connectivity index (χ3v) is 3.27. The summed E-state index contributed by atoms with van der Waals surface area (Å²) >= 11 is 0.426. The number of rotatable bonds is 0. The van der Waals surface area contributed by atoms with E-state index < -0.39 is 0 Å². The number of allylic oxidation sites excluding steroid dienone is 4. The predicted molar refractivity (Wildman–Crippen MR) is 40.3 cm³/mol. The molecule has 0 aromatic rings. The van der Waals surface area contributed by atoms with E-state index in [9.17, 15) is 4.79 Å². The summed E-state index contributed by atoms with van der Waals surface area (Å²) in [5.41, 5.74) is 1.94. The molecule has 1 aliphatic heterocycles. The fraction of sp³-hybridized carbons (Fsp3) is 0.143. The van der Waals surface area contributed by atoms with Crippen LogP contribution in [-0.2, 0) is 4.79 Å². The zero-order valence-electron chi connectivity index (χ0n) is 5.20. The number of carbonyl (C=O) groups is 1. The topological polar surface area (TPSA) is 29.4 Å². The monoisotopic (exact) mass is 199 g/mol. The molecule has 10 heavy (non-hydrogen) atoms. The molecule has 2 aliphatic rings. The van der Waals surface area contributed by atoms with Crippen molar-refractivity contribution in [2.45, 2.75) is 0 Å². The molecule has 0 N–H and O–H groups in total. The SMILES string of the molecule is O=C1C=CC2=NC[Se]C2=C1. The van der Waals surface area contributed by atoms with Crippen molar-refractivity contribution in [2.75, 3.05) is 5.44 Å². The maximum absolute atomic E-state index is 10.8. The molecule has 0 aromatic heterocycles. The van der Waals surface area contributed by atoms with Crippen molar-refractivity contribution in [3.05, 3.63) is 22.7 Å². The van der Waals surface area contributed by atoms with Crippen LogP contribution in [-0.4, -0.2) is 31.9 Å². The summed E-state index contributed by atoms with van der Waals surface area (Å²) in [6.45, 7) is 0. The first-order valence-electron chi connectivity index (χ1n) is 2.97. The second-order valence-electron chi connectivity index (χ2n) is 2.06. The number of aliphatic imine (C=N–C) groups is 1. The van der Waals surface area contributed by atoms with Gasteiger partial charge in [-0.25, -0.2) is 0 Å². The Bertz CT molecular complexity index is 275. The molecule has 0 unspecified atom stereocenters. The molecule has 0 amide bonds. The van der Waals surface area contributed by atoms with E-state index in [2.05, 4.69) is 4.99 Å². The van der Waals surface area contributed by atoms with Gasteiger partial charge in [-0.3, -0.25) is 0 Å². The molecular formula is C7H5NOSe. The van der Waals surface area contributed by atoms with Gasteiger partial charge >= 0.3 is 64.4 Å². The summed E-state index contributed by atoms with van der Waals surface area (Å²) in [4.78, 5) is 15.0. The van der Waals surface area contributed by atoms with Crippen molar-refractivity contribution < 1.29 is 4.79 Å². The van der Waals surface area contributed by atoms with Crippen molar-refractivity contribution >= 4 is 26.5 Å². The van der Waals surface area contributed by atoms with E-state index in [0.717, 1.165) is 11.2 Å². The van der Waals surface area contributed by atoms with Crippen LogP contribution in [0.3, 0.4) is 0 Å². The van der Waals surface area contributed by atoms with Gasteiger partial charge in [-0.2, -0.15) is 0 Å². The van der Waals surface area contributed by atoms with Crippen molar-refractivity contribution in [3.8, 4) is 0 Å². The third-order valence-electron chi connectivity index (χ3n) is 1.39. The van der Waals surface area contributed by atoms with Crippen LogP contribution in [0.4, 0.5) is 0 Å². The summed E-state index contributed by atoms with van der Waals surface area (Å²) < 4.78 is 1.17. The molecule has 0 saturated heterocycles. The first-order valence-corrected chi connectivity index (χ1v) is 5.04. The van der Waals surface area contributed by atoms with Crippen molar-refractivity contribution in [1.82, 2.24) is 0 Å². The second kappa shape index (κ2) is 2.18. The second-order valence-corrected chi connectivity index (χ2v) is 4.13. The Morgan fingerprint density at radius 3 is 3.30 bits per heavy atom. The first-order chi connectivity index (χ1) is 4.86. The fourth-order valence-corrected chi connectivity index (χ4v) is 2.64. The summed E-state index contributed by atoms with van der Waals surface area (Å²) in [5, 5.41) is 0. The third kappa shape index (κ3) is 0.877. The summed E-state index contributed by atoms with van der Waals surface area (Å²) in [6, 6.07) is 0. The van der Waals surface area contributed by atoms with Gasteiger partial charge in [-0.05, 0) is 0 Å². The Labute approximate surface area is 64.9 Å². The van der Waals surface area contributed by atoms with Gasteiger partial charge in [0, 0.05) is 0 Å². The molecule has 2 nitrogen and oxygen atoms in total. The van der Waals surface area contributed by atoms with E-state index in [4.69, 9.17) is 0 Å². The average molecular weight is 198 g/mol. The van der Waals surface area contributed by atoms with Gasteiger partial charge < -0.3 is 0 Å². The summed E-state index contributed by atoms with van der Waals surface area (Å²) in [6.07, 6.45) is 5.09. The molecule has 0 atom stereocenters. The molecule has 0 saturated carbocycles. The number of nitrogens with zero attached hydrogens (tertiary/aromatic N) is 1. The first kappa shape index (κ1) is 6.08. The quantitative estimate of drug-likeness (QED) is 0.401. The van der Waals surface area contributed by atoms with E-state index in [1.807, 2.05) is 6.08 Å². The van der Waals surface area contributed by atoms with Crippen LogP contribution in [0.2, 0.25) is 0 Å². The Kier molecular flexibility index (Phi) is 1.33. The number of hydrogen-bond donors (Lipinski definition) is 0. The number of hydrogen-bond acceptors (Lipinski definition) is 2. The van der Waals surface area contributed by atoms with Crippen LogP contribution >= 0.6 is 0 Å². The number of fused-ring (bicyclic) bond motifs is 1. The molecule has 50 valence electrons. The van der Waals surface area contributed by atoms with Crippen molar-refractivity contribution in [1.29, 1.82) is 0 Å². The molecule has 0 aromatic carbocycles. The van der Waals surface area contributed by atoms with Gasteiger partial charge in [-0.15, -0.1) is 0 Å². The normalized spacial score (nSPS) is 22.2. The molecule has 0 radical (unpaired) electrons. The van der Waals surface area contributed by atoms with Gasteiger partial charge in [0.25, 0.3) is 0 Å². The van der Waals surface area contributed by atoms with Gasteiger partial charge in [0.1, 0.15) is 0 Å². The minimum atomic E-state index is 0.109. The Morgan fingerprint density at radius 1 is 1.50 bits per heavy atom. The van der Waals surface area contributed by atoms with Crippen molar-refractivity contribution in [2.24, 2.45) is 4.99 Å². The predicted octanol–water partition coefficient (Wildman–Crippen LogP) is 0.125. The zero-order chi connectivity index (χ0) is 6.97. The van der Waals surface area contributed by atoms with Crippen LogP contribution in [0, 0.1) is 0 Å². The fourth-order valence-electron chi connectivity index (χ4n) is 0.912. The Hall–Kier alpha value is -0.661. The molecule has 0 bridgehead atoms. The van der Waals surface area contributed by atoms with E-state index in [1.165, 1.54) is 4.47 Å². The molecule has 3 heteroatoms. The minimum absolute atomic E-state index is 0.109. The maximum atomic E-state index is 10.8. The molecule has 2 rings (SSSR count). The molecule has 1 heterocycles. The van der Waals surface area contributed by atoms with Crippen LogP contribution in [0.1, 0.15) is 0 Å². The summed E-state index contributed by atoms with van der Waals surface area (Å²) in [7, 11) is 0. The number of carbonyl (C=O) groups excluding carboxylic acids is 1. The number of ketones is 1. The van der Waals surface area contributed by atoms with Gasteiger partial charge in [0.05, 0.1) is 0 Å². The summed E-state index contributed by atoms with van der Waals surface area (Å²) in [5.74, 6) is 0.109. The van der Waals surface area contributed by atoms with Crippen LogP contribution < -0.4 is 0 Å². The Balaban J connectivity index is 2.43. The van der Waals surface area contributed by atoms with Crippen LogP contribution in [0.5, 0.6) is 0 Å². The zero-order valence-corrected chi connectivity index (χ0v) is 6.92. The van der Waals surface area contributed by atoms with E-state index >= 15 is 0 Å². The van der Waals surface area contributed by atoms with Gasteiger partial charge in [-0.1, -0.05) is 0 Å². The van der Waals surface area contributed by atoms with Gasteiger partial charge in [0.2, 0.25) is 0 Å². The molecule has 1 aliphatic carbocycles. The van der Waals surface area contributed by atoms with E-state index in [0.29, 0.717) is 15.0 Å². The molecular weight excluding hydrogens is 193 g/mol. The van der Waals surface area contributed by atoms with Crippen molar-refractivity contribution in [3.63, 3.8) is 0 Å². The van der Waals surface area contributed by atoms with Crippen LogP contribution in [0.15, 0.2) is 27.7 Å². The van der Waals surface area contributed by atoms with Gasteiger partial charge in [0.15, 0.2) is 0 Å². The van der Waals surface area contributed by atoms with E-state index in [-0.39, 0.29) is 5.78 Å². The standard InChI is InChI=1S/C7H5NOSe/c9-5-1-2-6-7(3-5)10-4-8-6/h1-3H,4H2. The Morgan fingerprint density at radius 2 is 2.40 bits per heavy atom. The molecule has 0 spiro atoms.